The summed E-state index contributed by atoms with van der Waals surface area (Å²) >= 11 is 0. The number of hydrogen-bond donors (Lipinski definition) is 1. The van der Waals surface area contributed by atoms with E-state index in [1.54, 1.807) is 28.1 Å². The zero-order chi connectivity index (χ0) is 22.5. The molecule has 30 heavy (non-hydrogen) atoms. The molecule has 0 spiro atoms. The molecular formula is C23H31NO6. The second-order valence-electron chi connectivity index (χ2n) is 7.93. The van der Waals surface area contributed by atoms with E-state index in [1.807, 2.05) is 25.1 Å². The highest BCUT2D eigenvalue weighted by atomic mass is 16.5. The fraction of sp³-hybridized carbons (Fsp3) is 0.522. The molecule has 1 atom stereocenters. The molecule has 1 unspecified atom stereocenters. The first-order valence-corrected chi connectivity index (χ1v) is 9.98. The van der Waals surface area contributed by atoms with Crippen LogP contribution in [0.4, 0.5) is 0 Å². The molecule has 0 fully saturated rings. The van der Waals surface area contributed by atoms with Gasteiger partial charge in [0.05, 0.1) is 26.9 Å². The lowest BCUT2D eigenvalue weighted by atomic mass is 9.67. The molecular weight excluding hydrogens is 386 g/mol. The monoisotopic (exact) mass is 417 g/mol. The molecule has 1 aromatic carbocycles. The minimum absolute atomic E-state index is 0.140. The van der Waals surface area contributed by atoms with Gasteiger partial charge in [-0.3, -0.25) is 14.6 Å². The number of aliphatic imine (C=N–C) groups is 1. The lowest BCUT2D eigenvalue weighted by Crippen LogP contribution is -2.41. The standard InChI is InChI=1S/C23H31NO6/c1-7-15(24-11-10-14-8-9-17(28-4)18(12-14)29-5)19-16(25)13-23(2,3)20(21(19)26)22(27)30-6/h8-9,12,20,26H,7,10-11,13H2,1-6H3. The van der Waals surface area contributed by atoms with Gasteiger partial charge in [0.1, 0.15) is 11.7 Å². The maximum absolute atomic E-state index is 12.8. The smallest absolute Gasteiger partial charge is 0.316 e. The lowest BCUT2D eigenvalue weighted by Gasteiger charge is -2.36. The van der Waals surface area contributed by atoms with Crippen LogP contribution in [0, 0.1) is 11.3 Å². The Balaban J connectivity index is 2.30. The molecule has 1 aliphatic rings. The van der Waals surface area contributed by atoms with E-state index in [0.717, 1.165) is 5.56 Å². The predicted molar refractivity (Wildman–Crippen MR) is 114 cm³/mol. The summed E-state index contributed by atoms with van der Waals surface area (Å²) in [5.41, 5.74) is 0.937. The number of carbonyl (C=O) groups is 2. The Labute approximate surface area is 177 Å². The zero-order valence-corrected chi connectivity index (χ0v) is 18.6. The van der Waals surface area contributed by atoms with Crippen molar-refractivity contribution in [2.75, 3.05) is 27.9 Å². The lowest BCUT2D eigenvalue weighted by molar-refractivity contribution is -0.150. The number of allylic oxidation sites excluding steroid dienone is 1. The van der Waals surface area contributed by atoms with Crippen molar-refractivity contribution in [2.24, 2.45) is 16.3 Å². The molecule has 1 aliphatic carbocycles. The van der Waals surface area contributed by atoms with E-state index in [-0.39, 0.29) is 23.5 Å². The van der Waals surface area contributed by atoms with E-state index in [2.05, 4.69) is 4.99 Å². The molecule has 0 aliphatic heterocycles. The first kappa shape index (κ1) is 23.4. The second kappa shape index (κ2) is 9.78. The Kier molecular flexibility index (Phi) is 7.65. The summed E-state index contributed by atoms with van der Waals surface area (Å²) in [5.74, 6) is -0.598. The zero-order valence-electron chi connectivity index (χ0n) is 18.6. The number of esters is 1. The van der Waals surface area contributed by atoms with Gasteiger partial charge in [-0.05, 0) is 36.0 Å². The number of ether oxygens (including phenoxy) is 3. The molecule has 0 bridgehead atoms. The minimum atomic E-state index is -0.891. The molecule has 0 aromatic heterocycles. The van der Waals surface area contributed by atoms with Gasteiger partial charge in [-0.15, -0.1) is 0 Å². The summed E-state index contributed by atoms with van der Waals surface area (Å²) in [6, 6.07) is 5.65. The highest BCUT2D eigenvalue weighted by molar-refractivity contribution is 6.23. The maximum atomic E-state index is 12.8. The topological polar surface area (TPSA) is 94.4 Å². The van der Waals surface area contributed by atoms with Crippen LogP contribution in [0.25, 0.3) is 0 Å². The Morgan fingerprint density at radius 2 is 1.87 bits per heavy atom. The van der Waals surface area contributed by atoms with Crippen molar-refractivity contribution in [3.05, 3.63) is 35.1 Å². The minimum Gasteiger partial charge on any atom is -0.511 e. The van der Waals surface area contributed by atoms with E-state index in [0.29, 0.717) is 36.6 Å². The van der Waals surface area contributed by atoms with Crippen LogP contribution in [-0.2, 0) is 20.7 Å². The molecule has 1 N–H and O–H groups in total. The highest BCUT2D eigenvalue weighted by Crippen LogP contribution is 2.42. The van der Waals surface area contributed by atoms with Gasteiger partial charge in [0.15, 0.2) is 17.3 Å². The first-order valence-electron chi connectivity index (χ1n) is 9.98. The molecule has 0 saturated carbocycles. The van der Waals surface area contributed by atoms with Crippen LogP contribution < -0.4 is 9.47 Å². The first-order chi connectivity index (χ1) is 14.2. The Bertz CT molecular complexity index is 868. The van der Waals surface area contributed by atoms with Crippen molar-refractivity contribution in [1.29, 1.82) is 0 Å². The van der Waals surface area contributed by atoms with E-state index in [9.17, 15) is 14.7 Å². The number of hydrogen-bond acceptors (Lipinski definition) is 7. The van der Waals surface area contributed by atoms with Crippen molar-refractivity contribution in [2.45, 2.75) is 40.0 Å². The average molecular weight is 418 g/mol. The third-order valence-electron chi connectivity index (χ3n) is 5.42. The molecule has 0 amide bonds. The number of aliphatic hydroxyl groups excluding tert-OH is 1. The van der Waals surface area contributed by atoms with E-state index in [1.165, 1.54) is 7.11 Å². The summed E-state index contributed by atoms with van der Waals surface area (Å²) in [4.78, 5) is 29.6. The molecule has 164 valence electrons. The summed E-state index contributed by atoms with van der Waals surface area (Å²) < 4.78 is 15.4. The predicted octanol–water partition coefficient (Wildman–Crippen LogP) is 3.70. The number of carbonyl (C=O) groups excluding carboxylic acids is 2. The number of Topliss-reactive ketones (excluding diaryl/α,β-unsaturated/α-hetero) is 1. The van der Waals surface area contributed by atoms with Gasteiger partial charge < -0.3 is 19.3 Å². The van der Waals surface area contributed by atoms with Gasteiger partial charge in [0.25, 0.3) is 0 Å². The Morgan fingerprint density at radius 1 is 1.20 bits per heavy atom. The fourth-order valence-electron chi connectivity index (χ4n) is 3.84. The van der Waals surface area contributed by atoms with Crippen LogP contribution in [0.15, 0.2) is 34.5 Å². The molecule has 7 heteroatoms. The van der Waals surface area contributed by atoms with Gasteiger partial charge in [0.2, 0.25) is 0 Å². The fourth-order valence-corrected chi connectivity index (χ4v) is 3.84. The largest absolute Gasteiger partial charge is 0.511 e. The summed E-state index contributed by atoms with van der Waals surface area (Å²) in [5, 5.41) is 10.8. The van der Waals surface area contributed by atoms with Gasteiger partial charge in [-0.25, -0.2) is 0 Å². The molecule has 7 nitrogen and oxygen atoms in total. The third-order valence-corrected chi connectivity index (χ3v) is 5.42. The van der Waals surface area contributed by atoms with Crippen molar-refractivity contribution >= 4 is 17.5 Å². The van der Waals surface area contributed by atoms with Gasteiger partial charge >= 0.3 is 5.97 Å². The van der Waals surface area contributed by atoms with Crippen LogP contribution in [0.3, 0.4) is 0 Å². The van der Waals surface area contributed by atoms with Crippen LogP contribution in [-0.4, -0.2) is 50.4 Å². The van der Waals surface area contributed by atoms with Crippen molar-refractivity contribution < 1.29 is 28.9 Å². The number of benzene rings is 1. The average Bonchev–Trinajstić information content (AvgIpc) is 2.71. The molecule has 2 rings (SSSR count). The van der Waals surface area contributed by atoms with E-state index in [4.69, 9.17) is 14.2 Å². The van der Waals surface area contributed by atoms with Crippen LogP contribution >= 0.6 is 0 Å². The van der Waals surface area contributed by atoms with Crippen molar-refractivity contribution in [3.63, 3.8) is 0 Å². The maximum Gasteiger partial charge on any atom is 0.316 e. The Hall–Kier alpha value is -2.83. The van der Waals surface area contributed by atoms with Gasteiger partial charge in [0, 0.05) is 18.7 Å². The summed E-state index contributed by atoms with van der Waals surface area (Å²) in [7, 11) is 4.44. The van der Waals surface area contributed by atoms with Crippen LogP contribution in [0.5, 0.6) is 11.5 Å². The molecule has 1 aromatic rings. The van der Waals surface area contributed by atoms with Crippen LogP contribution in [0.1, 0.15) is 39.2 Å². The number of ketones is 1. The molecule has 0 heterocycles. The number of aliphatic hydroxyl groups is 1. The molecule has 0 radical (unpaired) electrons. The highest BCUT2D eigenvalue weighted by Gasteiger charge is 2.47. The normalized spacial score (nSPS) is 18.9. The number of methoxy groups -OCH3 is 3. The quantitative estimate of drug-likeness (QED) is 0.512. The van der Waals surface area contributed by atoms with Gasteiger partial charge in [-0.2, -0.15) is 0 Å². The number of rotatable bonds is 8. The van der Waals surface area contributed by atoms with E-state index >= 15 is 0 Å². The SMILES string of the molecule is CCC(=NCCc1ccc(OC)c(OC)c1)C1=C(O)C(C(=O)OC)C(C)(C)CC1=O. The van der Waals surface area contributed by atoms with Gasteiger partial charge in [-0.1, -0.05) is 26.8 Å². The van der Waals surface area contributed by atoms with Crippen molar-refractivity contribution in [1.82, 2.24) is 0 Å². The van der Waals surface area contributed by atoms with Crippen molar-refractivity contribution in [3.8, 4) is 11.5 Å². The molecule has 0 saturated heterocycles. The van der Waals surface area contributed by atoms with E-state index < -0.39 is 17.3 Å². The van der Waals surface area contributed by atoms with Crippen LogP contribution in [0.2, 0.25) is 0 Å². The summed E-state index contributed by atoms with van der Waals surface area (Å²) in [6.07, 6.45) is 1.23. The summed E-state index contributed by atoms with van der Waals surface area (Å²) in [6.45, 7) is 5.85. The number of nitrogens with zero attached hydrogens (tertiary/aromatic N) is 1. The Morgan fingerprint density at radius 3 is 2.43 bits per heavy atom. The third kappa shape index (κ3) is 4.83. The second-order valence-corrected chi connectivity index (χ2v) is 7.93.